The lowest BCUT2D eigenvalue weighted by Gasteiger charge is -2.09. The molecule has 1 aromatic heterocycles. The molecule has 2 aromatic carbocycles. The summed E-state index contributed by atoms with van der Waals surface area (Å²) >= 11 is 0. The lowest BCUT2D eigenvalue weighted by atomic mass is 10.0. The third-order valence-electron chi connectivity index (χ3n) is 4.17. The van der Waals surface area contributed by atoms with E-state index in [4.69, 9.17) is 4.42 Å². The maximum atomic E-state index is 12.5. The van der Waals surface area contributed by atoms with Crippen LogP contribution in [0.25, 0.3) is 10.8 Å². The fraction of sp³-hybridized carbons (Fsp3) is 0.167. The normalized spacial score (nSPS) is 14.2. The lowest BCUT2D eigenvalue weighted by molar-refractivity contribution is -0.139. The predicted molar refractivity (Wildman–Crippen MR) is 91.0 cm³/mol. The summed E-state index contributed by atoms with van der Waals surface area (Å²) in [5, 5.41) is 11.8. The van der Waals surface area contributed by atoms with E-state index in [9.17, 15) is 14.4 Å². The molecule has 26 heavy (non-hydrogen) atoms. The molecule has 0 bridgehead atoms. The highest BCUT2D eigenvalue weighted by Gasteiger charge is 2.30. The number of likely N-dealkylation sites (tertiary alicyclic amines) is 1. The van der Waals surface area contributed by atoms with Gasteiger partial charge in [-0.15, -0.1) is 5.10 Å². The highest BCUT2D eigenvalue weighted by Crippen LogP contribution is 2.20. The summed E-state index contributed by atoms with van der Waals surface area (Å²) in [4.78, 5) is 36.9. The Labute approximate surface area is 147 Å². The fourth-order valence-corrected chi connectivity index (χ4v) is 2.89. The predicted octanol–water partition coefficient (Wildman–Crippen LogP) is 2.12. The Bertz CT molecular complexity index is 1010. The monoisotopic (exact) mass is 350 g/mol. The van der Waals surface area contributed by atoms with Crippen LogP contribution < -0.4 is 5.32 Å². The number of carbonyl (C=O) groups excluding carboxylic acids is 3. The first-order valence-corrected chi connectivity index (χ1v) is 8.06. The molecule has 0 radical (unpaired) electrons. The quantitative estimate of drug-likeness (QED) is 0.723. The minimum absolute atomic E-state index is 0.0850. The van der Waals surface area contributed by atoms with E-state index >= 15 is 0 Å². The number of nitrogens with zero attached hydrogens (tertiary/aromatic N) is 3. The van der Waals surface area contributed by atoms with Gasteiger partial charge in [-0.3, -0.25) is 24.6 Å². The van der Waals surface area contributed by atoms with Crippen LogP contribution in [0.15, 0.2) is 46.9 Å². The maximum absolute atomic E-state index is 12.5. The summed E-state index contributed by atoms with van der Waals surface area (Å²) in [6, 6.07) is 12.9. The molecule has 0 unspecified atom stereocenters. The number of hydrogen-bond donors (Lipinski definition) is 1. The summed E-state index contributed by atoms with van der Waals surface area (Å²) in [5.74, 6) is -0.837. The van der Waals surface area contributed by atoms with Crippen molar-refractivity contribution in [3.05, 3.63) is 53.9 Å². The maximum Gasteiger partial charge on any atom is 0.322 e. The van der Waals surface area contributed by atoms with Gasteiger partial charge in [0.1, 0.15) is 6.54 Å². The molecule has 1 saturated heterocycles. The van der Waals surface area contributed by atoms with Gasteiger partial charge in [0.05, 0.1) is 0 Å². The summed E-state index contributed by atoms with van der Waals surface area (Å²) in [5.41, 5.74) is 0.479. The van der Waals surface area contributed by atoms with E-state index in [0.29, 0.717) is 5.56 Å². The first kappa shape index (κ1) is 15.9. The van der Waals surface area contributed by atoms with Crippen molar-refractivity contribution in [3.63, 3.8) is 0 Å². The average molecular weight is 350 g/mol. The molecule has 0 atom stereocenters. The summed E-state index contributed by atoms with van der Waals surface area (Å²) in [6.07, 6.45) is 0.384. The molecule has 2 heterocycles. The Morgan fingerprint density at radius 2 is 1.77 bits per heavy atom. The first-order valence-electron chi connectivity index (χ1n) is 8.06. The van der Waals surface area contributed by atoms with Crippen LogP contribution in [-0.4, -0.2) is 32.8 Å². The van der Waals surface area contributed by atoms with Crippen molar-refractivity contribution >= 4 is 34.5 Å². The Morgan fingerprint density at radius 1 is 1.04 bits per heavy atom. The van der Waals surface area contributed by atoms with E-state index in [-0.39, 0.29) is 49.0 Å². The van der Waals surface area contributed by atoms with Crippen LogP contribution >= 0.6 is 0 Å². The molecular formula is C18H14N4O4. The van der Waals surface area contributed by atoms with Gasteiger partial charge < -0.3 is 4.42 Å². The van der Waals surface area contributed by atoms with Gasteiger partial charge in [0, 0.05) is 18.4 Å². The number of imide groups is 1. The summed E-state index contributed by atoms with van der Waals surface area (Å²) in [7, 11) is 0. The zero-order valence-corrected chi connectivity index (χ0v) is 13.6. The minimum atomic E-state index is -0.384. The molecule has 8 nitrogen and oxygen atoms in total. The summed E-state index contributed by atoms with van der Waals surface area (Å²) in [6.45, 7) is -0.0885. The van der Waals surface area contributed by atoms with E-state index in [1.54, 1.807) is 12.1 Å². The van der Waals surface area contributed by atoms with Crippen molar-refractivity contribution in [2.24, 2.45) is 0 Å². The van der Waals surface area contributed by atoms with E-state index in [0.717, 1.165) is 15.7 Å². The van der Waals surface area contributed by atoms with Gasteiger partial charge in [-0.05, 0) is 16.8 Å². The molecule has 4 rings (SSSR count). The van der Waals surface area contributed by atoms with Gasteiger partial charge in [0.25, 0.3) is 5.91 Å². The van der Waals surface area contributed by atoms with Gasteiger partial charge in [0.2, 0.25) is 17.7 Å². The van der Waals surface area contributed by atoms with Crippen molar-refractivity contribution in [3.8, 4) is 0 Å². The zero-order chi connectivity index (χ0) is 18.1. The molecule has 0 spiro atoms. The zero-order valence-electron chi connectivity index (χ0n) is 13.6. The Balaban J connectivity index is 1.51. The number of amides is 3. The van der Waals surface area contributed by atoms with E-state index in [1.165, 1.54) is 0 Å². The minimum Gasteiger partial charge on any atom is -0.406 e. The first-order chi connectivity index (χ1) is 12.6. The molecule has 1 N–H and O–H groups in total. The van der Waals surface area contributed by atoms with E-state index in [1.807, 2.05) is 30.3 Å². The van der Waals surface area contributed by atoms with Crippen molar-refractivity contribution < 1.29 is 18.8 Å². The second-order valence-electron chi connectivity index (χ2n) is 5.86. The van der Waals surface area contributed by atoms with Crippen LogP contribution in [0.2, 0.25) is 0 Å². The SMILES string of the molecule is O=C(Nc1nnc(CN2C(=O)CCC2=O)o1)c1cccc2ccccc12. The van der Waals surface area contributed by atoms with Crippen LogP contribution in [0.3, 0.4) is 0 Å². The van der Waals surface area contributed by atoms with E-state index in [2.05, 4.69) is 15.5 Å². The van der Waals surface area contributed by atoms with Crippen LogP contribution in [0, 0.1) is 0 Å². The number of benzene rings is 2. The fourth-order valence-electron chi connectivity index (χ4n) is 2.89. The third kappa shape index (κ3) is 2.92. The van der Waals surface area contributed by atoms with Gasteiger partial charge in [-0.25, -0.2) is 0 Å². The van der Waals surface area contributed by atoms with Crippen LogP contribution in [0.4, 0.5) is 6.01 Å². The highest BCUT2D eigenvalue weighted by atomic mass is 16.4. The molecule has 8 heteroatoms. The second kappa shape index (κ2) is 6.40. The van der Waals surface area contributed by atoms with Gasteiger partial charge >= 0.3 is 6.01 Å². The van der Waals surface area contributed by atoms with Gasteiger partial charge in [0.15, 0.2) is 0 Å². The largest absolute Gasteiger partial charge is 0.406 e. The number of anilines is 1. The van der Waals surface area contributed by atoms with Crippen molar-refractivity contribution in [2.75, 3.05) is 5.32 Å². The molecule has 1 fully saturated rings. The van der Waals surface area contributed by atoms with Gasteiger partial charge in [-0.2, -0.15) is 0 Å². The lowest BCUT2D eigenvalue weighted by Crippen LogP contribution is -2.28. The van der Waals surface area contributed by atoms with Crippen molar-refractivity contribution in [1.29, 1.82) is 0 Å². The van der Waals surface area contributed by atoms with Gasteiger partial charge in [-0.1, -0.05) is 41.5 Å². The number of fused-ring (bicyclic) bond motifs is 1. The molecule has 1 aliphatic heterocycles. The third-order valence-corrected chi connectivity index (χ3v) is 4.17. The highest BCUT2D eigenvalue weighted by molar-refractivity contribution is 6.12. The van der Waals surface area contributed by atoms with Crippen LogP contribution in [0.1, 0.15) is 29.1 Å². The number of nitrogens with one attached hydrogen (secondary N) is 1. The smallest absolute Gasteiger partial charge is 0.322 e. The number of hydrogen-bond acceptors (Lipinski definition) is 6. The number of rotatable bonds is 4. The standard InChI is InChI=1S/C18H14N4O4/c23-15-8-9-16(24)22(15)10-14-20-21-18(26-14)19-17(25)13-7-3-5-11-4-1-2-6-12(11)13/h1-7H,8-10H2,(H,19,21,25). The van der Waals surface area contributed by atoms with E-state index < -0.39 is 0 Å². The van der Waals surface area contributed by atoms with Crippen molar-refractivity contribution in [2.45, 2.75) is 19.4 Å². The Hall–Kier alpha value is -3.55. The van der Waals surface area contributed by atoms with Crippen LogP contribution in [-0.2, 0) is 16.1 Å². The molecule has 0 aliphatic carbocycles. The Morgan fingerprint density at radius 3 is 2.58 bits per heavy atom. The molecule has 0 saturated carbocycles. The molecular weight excluding hydrogens is 336 g/mol. The molecule has 3 aromatic rings. The summed E-state index contributed by atoms with van der Waals surface area (Å²) < 4.78 is 5.35. The molecule has 1 aliphatic rings. The molecule has 130 valence electrons. The van der Waals surface area contributed by atoms with Crippen molar-refractivity contribution in [1.82, 2.24) is 15.1 Å². The Kier molecular flexibility index (Phi) is 3.92. The second-order valence-corrected chi connectivity index (χ2v) is 5.86. The topological polar surface area (TPSA) is 105 Å². The number of carbonyl (C=O) groups is 3. The average Bonchev–Trinajstić information content (AvgIpc) is 3.22. The molecule has 3 amide bonds. The van der Waals surface area contributed by atoms with Crippen LogP contribution in [0.5, 0.6) is 0 Å². The number of aromatic nitrogens is 2.